The van der Waals surface area contributed by atoms with Crippen molar-refractivity contribution < 1.29 is 37.9 Å². The second kappa shape index (κ2) is 10.0. The summed E-state index contributed by atoms with van der Waals surface area (Å²) in [5, 5.41) is 35.0. The van der Waals surface area contributed by atoms with Gasteiger partial charge in [0, 0.05) is 16.4 Å². The Morgan fingerprint density at radius 3 is 2.52 bits per heavy atom. The average Bonchev–Trinajstić information content (AvgIpc) is 3.29. The van der Waals surface area contributed by atoms with E-state index in [1.54, 1.807) is 18.2 Å². The van der Waals surface area contributed by atoms with Crippen molar-refractivity contribution in [2.45, 2.75) is 6.43 Å². The number of halogens is 2. The Kier molecular flexibility index (Phi) is 7.15. The van der Waals surface area contributed by atoms with Crippen LogP contribution < -0.4 is 15.9 Å². The van der Waals surface area contributed by atoms with Crippen LogP contribution >= 0.6 is 0 Å². The summed E-state index contributed by atoms with van der Waals surface area (Å²) in [6, 6.07) is 8.06. The molecule has 2 aromatic carbocycles. The van der Waals surface area contributed by atoms with Crippen molar-refractivity contribution in [3.63, 3.8) is 0 Å². The third-order valence-corrected chi connectivity index (χ3v) is 4.60. The fourth-order valence-corrected chi connectivity index (χ4v) is 3.15. The van der Waals surface area contributed by atoms with Crippen LogP contribution in [0.5, 0.6) is 5.75 Å². The minimum absolute atomic E-state index is 0.0728. The molecule has 0 amide bonds. The Balaban J connectivity index is 0.000000968. The van der Waals surface area contributed by atoms with Gasteiger partial charge in [-0.05, 0) is 29.3 Å². The van der Waals surface area contributed by atoms with E-state index in [4.69, 9.17) is 24.8 Å². The van der Waals surface area contributed by atoms with Gasteiger partial charge in [0.15, 0.2) is 5.76 Å². The number of aromatic nitrogens is 3. The Bertz CT molecular complexity index is 1280. The first-order valence-corrected chi connectivity index (χ1v) is 9.22. The number of nitrogen functional groups attached to an aromatic ring is 1. The van der Waals surface area contributed by atoms with Gasteiger partial charge in [-0.2, -0.15) is 10.2 Å². The number of benzene rings is 2. The third-order valence-electron chi connectivity index (χ3n) is 4.60. The number of fused-ring (bicyclic) bond motifs is 1. The molecule has 4 rings (SSSR count). The normalized spacial score (nSPS) is 10.6. The van der Waals surface area contributed by atoms with Crippen LogP contribution in [0.15, 0.2) is 47.1 Å². The first kappa shape index (κ1) is 23.6. The second-order valence-electron chi connectivity index (χ2n) is 6.52. The maximum atomic E-state index is 13.0. The number of rotatable bonds is 5. The summed E-state index contributed by atoms with van der Waals surface area (Å²) in [6.07, 6.45) is -0.453. The molecular weight excluding hydrogens is 441 g/mol. The van der Waals surface area contributed by atoms with Crippen LogP contribution in [0.1, 0.15) is 12.2 Å². The maximum absolute atomic E-state index is 13.0. The van der Waals surface area contributed by atoms with Crippen LogP contribution in [0.25, 0.3) is 33.5 Å². The minimum Gasteiger partial charge on any atom is -0.497 e. The molecule has 5 N–H and O–H groups in total. The zero-order chi connectivity index (χ0) is 24.1. The van der Waals surface area contributed by atoms with E-state index in [1.807, 2.05) is 0 Å². The number of nitrogens with zero attached hydrogens (tertiary/aromatic N) is 3. The van der Waals surface area contributed by atoms with Gasteiger partial charge in [0.1, 0.15) is 5.75 Å². The molecule has 0 spiro atoms. The quantitative estimate of drug-likeness (QED) is 0.256. The molecule has 33 heavy (non-hydrogen) atoms. The number of carbonyl (C=O) groups is 1. The number of hydrogen-bond donors (Lipinski definition) is 4. The molecule has 0 unspecified atom stereocenters. The molecule has 10 nitrogen and oxygen atoms in total. The summed E-state index contributed by atoms with van der Waals surface area (Å²) in [4.78, 5) is 12.3. The van der Waals surface area contributed by atoms with E-state index in [0.717, 1.165) is 6.20 Å². The van der Waals surface area contributed by atoms with E-state index in [-0.39, 0.29) is 23.6 Å². The zero-order valence-electron chi connectivity index (χ0n) is 17.0. The van der Waals surface area contributed by atoms with Crippen LogP contribution in [-0.2, 0) is 4.79 Å². The van der Waals surface area contributed by atoms with E-state index in [9.17, 15) is 18.8 Å². The molecule has 0 aliphatic rings. The highest BCUT2D eigenvalue weighted by molar-refractivity contribution is 6.60. The summed E-state index contributed by atoms with van der Waals surface area (Å²) < 4.78 is 36.4. The second-order valence-corrected chi connectivity index (χ2v) is 6.52. The van der Waals surface area contributed by atoms with Crippen molar-refractivity contribution >= 4 is 35.6 Å². The van der Waals surface area contributed by atoms with Gasteiger partial charge >= 0.3 is 7.12 Å². The molecular formula is C20H17BF2N4O6. The van der Waals surface area contributed by atoms with Crippen molar-refractivity contribution in [1.29, 1.82) is 0 Å². The average molecular weight is 458 g/mol. The zero-order valence-corrected chi connectivity index (χ0v) is 17.0. The van der Waals surface area contributed by atoms with Gasteiger partial charge in [0.05, 0.1) is 30.7 Å². The Morgan fingerprint density at radius 2 is 1.91 bits per heavy atom. The first-order chi connectivity index (χ1) is 15.8. The molecule has 0 aliphatic carbocycles. The standard InChI is InChI=1S/C19H15BF2N4O4.CH2O2/c1-29-16-6-12(19-24-8-17(30-19)18(21)22)11(5-13(16)20(27)28)9-2-3-10-14(23)7-25-26-15(10)4-9;2-1-3/h2-8,18,27-28H,1H3,(H2,23,26);1H,(H,2,3). The highest BCUT2D eigenvalue weighted by Crippen LogP contribution is 2.36. The lowest BCUT2D eigenvalue weighted by Gasteiger charge is -2.15. The predicted octanol–water partition coefficient (Wildman–Crippen LogP) is 1.86. The molecule has 4 aromatic rings. The predicted molar refractivity (Wildman–Crippen MR) is 115 cm³/mol. The van der Waals surface area contributed by atoms with Crippen molar-refractivity contribution in [1.82, 2.24) is 15.2 Å². The lowest BCUT2D eigenvalue weighted by molar-refractivity contribution is -0.122. The fraction of sp³-hybridized carbons (Fsp3) is 0.100. The molecule has 2 aromatic heterocycles. The molecule has 0 radical (unpaired) electrons. The molecule has 0 atom stereocenters. The molecule has 0 aliphatic heterocycles. The smallest absolute Gasteiger partial charge is 0.492 e. The number of anilines is 1. The van der Waals surface area contributed by atoms with E-state index >= 15 is 0 Å². The third kappa shape index (κ3) is 4.89. The van der Waals surface area contributed by atoms with Gasteiger partial charge in [-0.15, -0.1) is 0 Å². The molecule has 170 valence electrons. The largest absolute Gasteiger partial charge is 0.497 e. The molecule has 0 saturated carbocycles. The van der Waals surface area contributed by atoms with Gasteiger partial charge in [-0.25, -0.2) is 13.8 Å². The van der Waals surface area contributed by atoms with Crippen LogP contribution in [-0.4, -0.2) is 51.0 Å². The van der Waals surface area contributed by atoms with Crippen molar-refractivity contribution in [2.75, 3.05) is 12.8 Å². The van der Waals surface area contributed by atoms with E-state index in [2.05, 4.69) is 15.2 Å². The Labute approximate surface area is 185 Å². The van der Waals surface area contributed by atoms with Crippen LogP contribution in [0.2, 0.25) is 0 Å². The van der Waals surface area contributed by atoms with Gasteiger partial charge in [0.2, 0.25) is 5.89 Å². The van der Waals surface area contributed by atoms with Crippen molar-refractivity contribution in [2.24, 2.45) is 0 Å². The number of hydrogen-bond acceptors (Lipinski definition) is 9. The SMILES string of the molecule is COc1cc(-c2ncc(C(F)F)o2)c(-c2ccc3c(N)cnnc3c2)cc1B(O)O.O=CO. The van der Waals surface area contributed by atoms with Gasteiger partial charge in [-0.1, -0.05) is 12.1 Å². The summed E-state index contributed by atoms with van der Waals surface area (Å²) in [5.74, 6) is -0.528. The van der Waals surface area contributed by atoms with Crippen LogP contribution in [0.3, 0.4) is 0 Å². The number of methoxy groups -OCH3 is 1. The maximum Gasteiger partial charge on any atom is 0.492 e. The van der Waals surface area contributed by atoms with Crippen molar-refractivity contribution in [3.05, 3.63) is 48.5 Å². The monoisotopic (exact) mass is 458 g/mol. The van der Waals surface area contributed by atoms with Crippen molar-refractivity contribution in [3.8, 4) is 28.3 Å². The summed E-state index contributed by atoms with van der Waals surface area (Å²) in [6.45, 7) is -0.250. The number of carboxylic acid groups (broad SMARTS) is 1. The highest BCUT2D eigenvalue weighted by atomic mass is 19.3. The number of nitrogens with two attached hydrogens (primary N) is 1. The van der Waals surface area contributed by atoms with E-state index in [1.165, 1.54) is 25.4 Å². The molecule has 0 bridgehead atoms. The lowest BCUT2D eigenvalue weighted by atomic mass is 9.77. The Hall–Kier alpha value is -4.10. The number of oxazole rings is 1. The fourth-order valence-electron chi connectivity index (χ4n) is 3.15. The van der Waals surface area contributed by atoms with Gasteiger partial charge in [0.25, 0.3) is 12.9 Å². The van der Waals surface area contributed by atoms with E-state index in [0.29, 0.717) is 33.3 Å². The summed E-state index contributed by atoms with van der Waals surface area (Å²) >= 11 is 0. The highest BCUT2D eigenvalue weighted by Gasteiger charge is 2.24. The van der Waals surface area contributed by atoms with Gasteiger partial charge in [-0.3, -0.25) is 4.79 Å². The number of alkyl halides is 2. The molecule has 13 heteroatoms. The van der Waals surface area contributed by atoms with Gasteiger partial charge < -0.3 is 30.0 Å². The van der Waals surface area contributed by atoms with Crippen LogP contribution in [0.4, 0.5) is 14.5 Å². The Morgan fingerprint density at radius 1 is 1.18 bits per heavy atom. The molecule has 2 heterocycles. The summed E-state index contributed by atoms with van der Waals surface area (Å²) in [7, 11) is -0.482. The minimum atomic E-state index is -2.82. The lowest BCUT2D eigenvalue weighted by Crippen LogP contribution is -2.31. The molecule has 0 fully saturated rings. The summed E-state index contributed by atoms with van der Waals surface area (Å²) in [5.41, 5.74) is 8.28. The topological polar surface area (TPSA) is 165 Å². The first-order valence-electron chi connectivity index (χ1n) is 9.22. The van der Waals surface area contributed by atoms with E-state index < -0.39 is 19.3 Å². The molecule has 0 saturated heterocycles. The van der Waals surface area contributed by atoms with Crippen LogP contribution in [0, 0.1) is 0 Å². The number of ether oxygens (including phenoxy) is 1.